The van der Waals surface area contributed by atoms with Gasteiger partial charge in [0.2, 0.25) is 0 Å². The van der Waals surface area contributed by atoms with Crippen LogP contribution in [0.5, 0.6) is 0 Å². The standard InChI is InChI=1S/C23H21Cl2N3O5S/c24-17-10-6-11-18(25)21(17)22(29)27-19-12-5-4-9-16(19)13-20(23(30)31)28-34(32,33)26-14-15-7-2-1-3-8-15/h1-12,20,26,28H,13-14H2,(H,27,29)(H,30,31)/t20-/m0/s1. The average molecular weight is 522 g/mol. The number of carbonyl (C=O) groups excluding carboxylic acids is 1. The first-order chi connectivity index (χ1) is 16.2. The molecule has 3 aromatic carbocycles. The van der Waals surface area contributed by atoms with Crippen molar-refractivity contribution in [1.82, 2.24) is 9.44 Å². The van der Waals surface area contributed by atoms with Crippen molar-refractivity contribution in [2.45, 2.75) is 19.0 Å². The molecule has 34 heavy (non-hydrogen) atoms. The van der Waals surface area contributed by atoms with Crippen LogP contribution >= 0.6 is 23.2 Å². The summed E-state index contributed by atoms with van der Waals surface area (Å²) >= 11 is 12.2. The summed E-state index contributed by atoms with van der Waals surface area (Å²) in [5.41, 5.74) is 1.48. The number of anilines is 1. The molecule has 4 N–H and O–H groups in total. The summed E-state index contributed by atoms with van der Waals surface area (Å²) in [5, 5.41) is 12.6. The second-order valence-corrected chi connectivity index (χ2v) is 9.58. The summed E-state index contributed by atoms with van der Waals surface area (Å²) < 4.78 is 29.4. The molecular weight excluding hydrogens is 501 g/mol. The highest BCUT2D eigenvalue weighted by molar-refractivity contribution is 7.87. The van der Waals surface area contributed by atoms with Gasteiger partial charge in [-0.1, -0.05) is 77.8 Å². The largest absolute Gasteiger partial charge is 0.480 e. The maximum atomic E-state index is 12.8. The summed E-state index contributed by atoms with van der Waals surface area (Å²) in [7, 11) is -4.14. The highest BCUT2D eigenvalue weighted by atomic mass is 35.5. The Labute approximate surface area is 207 Å². The molecule has 0 saturated heterocycles. The van der Waals surface area contributed by atoms with Gasteiger partial charge in [-0.15, -0.1) is 0 Å². The van der Waals surface area contributed by atoms with E-state index in [-0.39, 0.29) is 28.6 Å². The van der Waals surface area contributed by atoms with E-state index in [1.807, 2.05) is 0 Å². The Morgan fingerprint density at radius 3 is 2.15 bits per heavy atom. The molecule has 3 aromatic rings. The molecule has 0 saturated carbocycles. The maximum absolute atomic E-state index is 12.8. The van der Waals surface area contributed by atoms with Crippen molar-refractivity contribution >= 4 is 51.0 Å². The predicted octanol–water partition coefficient (Wildman–Crippen LogP) is 3.87. The summed E-state index contributed by atoms with van der Waals surface area (Å²) in [5.74, 6) is -1.96. The van der Waals surface area contributed by atoms with Gasteiger partial charge >= 0.3 is 5.97 Å². The Bertz CT molecular complexity index is 1270. The van der Waals surface area contributed by atoms with E-state index in [1.54, 1.807) is 60.7 Å². The number of carboxylic acids is 1. The topological polar surface area (TPSA) is 125 Å². The molecule has 0 unspecified atom stereocenters. The number of hydrogen-bond acceptors (Lipinski definition) is 4. The molecular formula is C23H21Cl2N3O5S. The van der Waals surface area contributed by atoms with Crippen LogP contribution in [0.4, 0.5) is 5.69 Å². The summed E-state index contributed by atoms with van der Waals surface area (Å²) in [6.07, 6.45) is -0.228. The van der Waals surface area contributed by atoms with Crippen LogP contribution in [0.15, 0.2) is 72.8 Å². The highest BCUT2D eigenvalue weighted by Crippen LogP contribution is 2.26. The van der Waals surface area contributed by atoms with Crippen molar-refractivity contribution in [3.8, 4) is 0 Å². The molecule has 0 radical (unpaired) electrons. The van der Waals surface area contributed by atoms with E-state index in [9.17, 15) is 23.1 Å². The van der Waals surface area contributed by atoms with Gasteiger partial charge in [0, 0.05) is 18.7 Å². The Morgan fingerprint density at radius 2 is 1.50 bits per heavy atom. The zero-order chi connectivity index (χ0) is 24.7. The van der Waals surface area contributed by atoms with E-state index >= 15 is 0 Å². The normalized spacial score (nSPS) is 12.2. The number of benzene rings is 3. The van der Waals surface area contributed by atoms with Crippen molar-refractivity contribution in [1.29, 1.82) is 0 Å². The van der Waals surface area contributed by atoms with Gasteiger partial charge in [-0.3, -0.25) is 9.59 Å². The van der Waals surface area contributed by atoms with Gasteiger partial charge in [0.05, 0.1) is 15.6 Å². The van der Waals surface area contributed by atoms with Crippen LogP contribution in [0.1, 0.15) is 21.5 Å². The van der Waals surface area contributed by atoms with Crippen LogP contribution in [-0.2, 0) is 28.0 Å². The molecule has 178 valence electrons. The SMILES string of the molecule is O=C(Nc1ccccc1C[C@H](NS(=O)(=O)NCc1ccccc1)C(=O)O)c1c(Cl)cccc1Cl. The number of carboxylic acid groups (broad SMARTS) is 1. The van der Waals surface area contributed by atoms with E-state index in [4.69, 9.17) is 23.2 Å². The summed E-state index contributed by atoms with van der Waals surface area (Å²) in [6.45, 7) is -0.00620. The van der Waals surface area contributed by atoms with E-state index < -0.39 is 28.1 Å². The highest BCUT2D eigenvalue weighted by Gasteiger charge is 2.26. The minimum atomic E-state index is -4.14. The van der Waals surface area contributed by atoms with Crippen LogP contribution in [0, 0.1) is 0 Å². The van der Waals surface area contributed by atoms with Gasteiger partial charge < -0.3 is 10.4 Å². The van der Waals surface area contributed by atoms with Crippen LogP contribution < -0.4 is 14.8 Å². The molecule has 1 atom stereocenters. The van der Waals surface area contributed by atoms with Gasteiger partial charge in [0.15, 0.2) is 0 Å². The number of halogens is 2. The van der Waals surface area contributed by atoms with Gasteiger partial charge in [-0.05, 0) is 29.3 Å². The molecule has 0 heterocycles. The van der Waals surface area contributed by atoms with Crippen molar-refractivity contribution in [3.05, 3.63) is 99.5 Å². The number of rotatable bonds is 10. The molecule has 0 spiro atoms. The molecule has 0 aliphatic carbocycles. The van der Waals surface area contributed by atoms with E-state index in [1.165, 1.54) is 12.1 Å². The Kier molecular flexibility index (Phi) is 8.65. The first-order valence-corrected chi connectivity index (χ1v) is 12.3. The molecule has 11 heteroatoms. The van der Waals surface area contributed by atoms with Crippen LogP contribution in [0.25, 0.3) is 0 Å². The lowest BCUT2D eigenvalue weighted by molar-refractivity contribution is -0.138. The Morgan fingerprint density at radius 1 is 0.882 bits per heavy atom. The monoisotopic (exact) mass is 521 g/mol. The van der Waals surface area contributed by atoms with Crippen molar-refractivity contribution in [3.63, 3.8) is 0 Å². The van der Waals surface area contributed by atoms with E-state index in [0.29, 0.717) is 16.8 Å². The van der Waals surface area contributed by atoms with E-state index in [2.05, 4.69) is 14.8 Å². The van der Waals surface area contributed by atoms with Gasteiger partial charge in [-0.25, -0.2) is 0 Å². The molecule has 1 amide bonds. The second-order valence-electron chi connectivity index (χ2n) is 7.23. The third kappa shape index (κ3) is 7.02. The Hall–Kier alpha value is -2.95. The molecule has 0 aromatic heterocycles. The van der Waals surface area contributed by atoms with Crippen LogP contribution in [-0.4, -0.2) is 31.4 Å². The minimum Gasteiger partial charge on any atom is -0.480 e. The first-order valence-electron chi connectivity index (χ1n) is 10.0. The predicted molar refractivity (Wildman–Crippen MR) is 131 cm³/mol. The minimum absolute atomic E-state index is 0.00620. The quantitative estimate of drug-likeness (QED) is 0.322. The zero-order valence-corrected chi connectivity index (χ0v) is 20.0. The van der Waals surface area contributed by atoms with Gasteiger partial charge in [0.1, 0.15) is 6.04 Å². The fourth-order valence-electron chi connectivity index (χ4n) is 3.12. The molecule has 0 aliphatic rings. The van der Waals surface area contributed by atoms with Crippen LogP contribution in [0.2, 0.25) is 10.0 Å². The smallest absolute Gasteiger partial charge is 0.322 e. The van der Waals surface area contributed by atoms with Crippen LogP contribution in [0.3, 0.4) is 0 Å². The molecule has 0 fully saturated rings. The van der Waals surface area contributed by atoms with Crippen molar-refractivity contribution in [2.75, 3.05) is 5.32 Å². The van der Waals surface area contributed by atoms with E-state index in [0.717, 1.165) is 0 Å². The lowest BCUT2D eigenvalue weighted by Crippen LogP contribution is -2.47. The molecule has 3 rings (SSSR count). The maximum Gasteiger partial charge on any atom is 0.322 e. The third-order valence-electron chi connectivity index (χ3n) is 4.78. The number of amides is 1. The van der Waals surface area contributed by atoms with Gasteiger partial charge in [-0.2, -0.15) is 17.9 Å². The number of para-hydroxylation sites is 1. The second kappa shape index (κ2) is 11.5. The number of hydrogen-bond donors (Lipinski definition) is 4. The molecule has 0 aliphatic heterocycles. The zero-order valence-electron chi connectivity index (χ0n) is 17.7. The Balaban J connectivity index is 1.75. The number of aliphatic carboxylic acids is 1. The molecule has 0 bridgehead atoms. The van der Waals surface area contributed by atoms with Crippen molar-refractivity contribution in [2.24, 2.45) is 0 Å². The molecule has 8 nitrogen and oxygen atoms in total. The lowest BCUT2D eigenvalue weighted by Gasteiger charge is -2.18. The van der Waals surface area contributed by atoms with Crippen molar-refractivity contribution < 1.29 is 23.1 Å². The third-order valence-corrected chi connectivity index (χ3v) is 6.53. The van der Waals surface area contributed by atoms with Gasteiger partial charge in [0.25, 0.3) is 16.1 Å². The fraction of sp³-hybridized carbons (Fsp3) is 0.130. The first kappa shape index (κ1) is 25.7. The fourth-order valence-corrected chi connectivity index (χ4v) is 4.69. The summed E-state index contributed by atoms with van der Waals surface area (Å²) in [6, 6.07) is 18.4. The number of nitrogens with one attached hydrogen (secondary N) is 3. The number of carbonyl (C=O) groups is 2. The summed E-state index contributed by atoms with van der Waals surface area (Å²) in [4.78, 5) is 24.6. The lowest BCUT2D eigenvalue weighted by atomic mass is 10.0. The average Bonchev–Trinajstić information content (AvgIpc) is 2.79.